The molecule has 1 N–H and O–H groups in total. The molecule has 1 atom stereocenters. The van der Waals surface area contributed by atoms with Crippen molar-refractivity contribution in [3.63, 3.8) is 0 Å². The molecule has 1 aromatic rings. The summed E-state index contributed by atoms with van der Waals surface area (Å²) in [7, 11) is 0. The average molecular weight is 340 g/mol. The highest BCUT2D eigenvalue weighted by molar-refractivity contribution is 9.09. The molecule has 1 rings (SSSR count). The molecule has 0 saturated carbocycles. The molecule has 1 amide bonds. The van der Waals surface area contributed by atoms with Crippen LogP contribution < -0.4 is 5.32 Å². The van der Waals surface area contributed by atoms with Gasteiger partial charge in [-0.25, -0.2) is 0 Å². The van der Waals surface area contributed by atoms with E-state index >= 15 is 0 Å². The topological polar surface area (TPSA) is 29.1 Å². The third-order valence-electron chi connectivity index (χ3n) is 3.07. The number of hydrogen-bond acceptors (Lipinski definition) is 1. The molecular formula is C17H26BrNO. The Morgan fingerprint density at radius 1 is 1.25 bits per heavy atom. The quantitative estimate of drug-likeness (QED) is 0.736. The van der Waals surface area contributed by atoms with Crippen LogP contribution in [0.1, 0.15) is 45.6 Å². The van der Waals surface area contributed by atoms with Crippen LogP contribution >= 0.6 is 15.9 Å². The standard InChI is InChI=1S/C17H26BrNO/c1-17(2,3)12-15(18)13-19-16(20)11-7-10-14-8-5-4-6-9-14/h4-6,8-9,15H,7,10-13H2,1-3H3,(H,19,20). The summed E-state index contributed by atoms with van der Waals surface area (Å²) in [5, 5.41) is 3.01. The zero-order chi connectivity index (χ0) is 15.0. The van der Waals surface area contributed by atoms with E-state index in [0.717, 1.165) is 19.3 Å². The van der Waals surface area contributed by atoms with E-state index in [2.05, 4.69) is 54.2 Å². The molecule has 0 spiro atoms. The fraction of sp³-hybridized carbons (Fsp3) is 0.588. The van der Waals surface area contributed by atoms with Crippen molar-refractivity contribution < 1.29 is 4.79 Å². The van der Waals surface area contributed by atoms with Crippen molar-refractivity contribution >= 4 is 21.8 Å². The van der Waals surface area contributed by atoms with Crippen molar-refractivity contribution in [2.24, 2.45) is 5.41 Å². The van der Waals surface area contributed by atoms with E-state index in [0.29, 0.717) is 17.8 Å². The molecule has 1 aromatic carbocycles. The fourth-order valence-corrected chi connectivity index (χ4v) is 3.28. The largest absolute Gasteiger partial charge is 0.355 e. The minimum Gasteiger partial charge on any atom is -0.355 e. The molecule has 0 radical (unpaired) electrons. The van der Waals surface area contributed by atoms with Crippen LogP contribution in [0.3, 0.4) is 0 Å². The molecule has 0 saturated heterocycles. The molecular weight excluding hydrogens is 314 g/mol. The first-order valence-corrected chi connectivity index (χ1v) is 8.23. The van der Waals surface area contributed by atoms with Crippen LogP contribution in [0.4, 0.5) is 0 Å². The summed E-state index contributed by atoms with van der Waals surface area (Å²) in [4.78, 5) is 12.1. The maximum absolute atomic E-state index is 11.8. The molecule has 1 unspecified atom stereocenters. The maximum atomic E-state index is 11.8. The Morgan fingerprint density at radius 3 is 2.50 bits per heavy atom. The number of hydrogen-bond donors (Lipinski definition) is 1. The molecule has 112 valence electrons. The van der Waals surface area contributed by atoms with Crippen molar-refractivity contribution in [2.75, 3.05) is 6.54 Å². The molecule has 0 heterocycles. The van der Waals surface area contributed by atoms with Crippen LogP contribution in [0.25, 0.3) is 0 Å². The summed E-state index contributed by atoms with van der Waals surface area (Å²) < 4.78 is 0. The lowest BCUT2D eigenvalue weighted by Crippen LogP contribution is -2.31. The first-order valence-electron chi connectivity index (χ1n) is 7.31. The number of nitrogens with one attached hydrogen (secondary N) is 1. The monoisotopic (exact) mass is 339 g/mol. The Balaban J connectivity index is 2.14. The second-order valence-electron chi connectivity index (χ2n) is 6.51. The summed E-state index contributed by atoms with van der Waals surface area (Å²) in [6.45, 7) is 7.34. The highest BCUT2D eigenvalue weighted by Crippen LogP contribution is 2.24. The molecule has 0 aromatic heterocycles. The van der Waals surface area contributed by atoms with Gasteiger partial charge < -0.3 is 5.32 Å². The smallest absolute Gasteiger partial charge is 0.220 e. The van der Waals surface area contributed by atoms with E-state index < -0.39 is 0 Å². The van der Waals surface area contributed by atoms with Gasteiger partial charge in [0.2, 0.25) is 5.91 Å². The van der Waals surface area contributed by atoms with Crippen LogP contribution in [-0.4, -0.2) is 17.3 Å². The van der Waals surface area contributed by atoms with Gasteiger partial charge in [-0.1, -0.05) is 67.0 Å². The second kappa shape index (κ2) is 8.46. The number of carbonyl (C=O) groups excluding carboxylic acids is 1. The normalized spacial score (nSPS) is 13.0. The van der Waals surface area contributed by atoms with E-state index in [9.17, 15) is 4.79 Å². The van der Waals surface area contributed by atoms with Crippen molar-refractivity contribution in [1.29, 1.82) is 0 Å². The van der Waals surface area contributed by atoms with E-state index in [1.165, 1.54) is 5.56 Å². The zero-order valence-electron chi connectivity index (χ0n) is 12.8. The summed E-state index contributed by atoms with van der Waals surface area (Å²) in [5.74, 6) is 0.152. The molecule has 0 fully saturated rings. The molecule has 3 heteroatoms. The lowest BCUT2D eigenvalue weighted by molar-refractivity contribution is -0.121. The van der Waals surface area contributed by atoms with Crippen LogP contribution in [0.2, 0.25) is 0 Å². The lowest BCUT2D eigenvalue weighted by Gasteiger charge is -2.22. The predicted molar refractivity (Wildman–Crippen MR) is 89.2 cm³/mol. The molecule has 2 nitrogen and oxygen atoms in total. The van der Waals surface area contributed by atoms with Crippen LogP contribution in [0.5, 0.6) is 0 Å². The van der Waals surface area contributed by atoms with Gasteiger partial charge >= 0.3 is 0 Å². The van der Waals surface area contributed by atoms with Crippen LogP contribution in [-0.2, 0) is 11.2 Å². The number of halogens is 1. The number of alkyl halides is 1. The third-order valence-corrected chi connectivity index (χ3v) is 3.71. The van der Waals surface area contributed by atoms with E-state index in [1.54, 1.807) is 0 Å². The Bertz CT molecular complexity index is 397. The van der Waals surface area contributed by atoms with Gasteiger partial charge in [0.25, 0.3) is 0 Å². The van der Waals surface area contributed by atoms with Crippen molar-refractivity contribution in [2.45, 2.75) is 51.3 Å². The average Bonchev–Trinajstić information content (AvgIpc) is 2.36. The maximum Gasteiger partial charge on any atom is 0.220 e. The van der Waals surface area contributed by atoms with Crippen molar-refractivity contribution in [3.8, 4) is 0 Å². The Kier molecular flexibility index (Phi) is 7.28. The van der Waals surface area contributed by atoms with Crippen molar-refractivity contribution in [3.05, 3.63) is 35.9 Å². The zero-order valence-corrected chi connectivity index (χ0v) is 14.4. The number of amides is 1. The molecule has 0 bridgehead atoms. The Morgan fingerprint density at radius 2 is 1.90 bits per heavy atom. The first-order chi connectivity index (χ1) is 9.37. The second-order valence-corrected chi connectivity index (χ2v) is 7.80. The van der Waals surface area contributed by atoms with Gasteiger partial charge in [-0.15, -0.1) is 0 Å². The third kappa shape index (κ3) is 8.36. The van der Waals surface area contributed by atoms with Gasteiger partial charge in [0.05, 0.1) is 0 Å². The van der Waals surface area contributed by atoms with Gasteiger partial charge in [-0.2, -0.15) is 0 Å². The first kappa shape index (κ1) is 17.2. The molecule has 0 aliphatic rings. The number of benzene rings is 1. The fourth-order valence-electron chi connectivity index (χ4n) is 2.15. The van der Waals surface area contributed by atoms with Gasteiger partial charge in [-0.3, -0.25) is 4.79 Å². The van der Waals surface area contributed by atoms with Crippen LogP contribution in [0.15, 0.2) is 30.3 Å². The molecule has 0 aliphatic carbocycles. The summed E-state index contributed by atoms with van der Waals surface area (Å²) >= 11 is 3.63. The van der Waals surface area contributed by atoms with E-state index in [1.807, 2.05) is 18.2 Å². The van der Waals surface area contributed by atoms with Gasteiger partial charge in [0, 0.05) is 17.8 Å². The van der Waals surface area contributed by atoms with E-state index in [-0.39, 0.29) is 11.3 Å². The van der Waals surface area contributed by atoms with Gasteiger partial charge in [0.15, 0.2) is 0 Å². The van der Waals surface area contributed by atoms with Gasteiger partial charge in [0.1, 0.15) is 0 Å². The number of carbonyl (C=O) groups is 1. The number of aryl methyl sites for hydroxylation is 1. The number of rotatable bonds is 7. The summed E-state index contributed by atoms with van der Waals surface area (Å²) in [6.07, 6.45) is 3.53. The lowest BCUT2D eigenvalue weighted by atomic mass is 9.90. The highest BCUT2D eigenvalue weighted by atomic mass is 79.9. The highest BCUT2D eigenvalue weighted by Gasteiger charge is 2.16. The Labute approximate surface area is 131 Å². The molecule has 0 aliphatic heterocycles. The SMILES string of the molecule is CC(C)(C)CC(Br)CNC(=O)CCCc1ccccc1. The van der Waals surface area contributed by atoms with Crippen molar-refractivity contribution in [1.82, 2.24) is 5.32 Å². The van der Waals surface area contributed by atoms with Gasteiger partial charge in [-0.05, 0) is 30.2 Å². The predicted octanol–water partition coefficient (Wildman–Crippen LogP) is 4.33. The molecule has 20 heavy (non-hydrogen) atoms. The Hall–Kier alpha value is -0.830. The van der Waals surface area contributed by atoms with E-state index in [4.69, 9.17) is 0 Å². The minimum absolute atomic E-state index is 0.152. The summed E-state index contributed by atoms with van der Waals surface area (Å²) in [5.41, 5.74) is 1.58. The summed E-state index contributed by atoms with van der Waals surface area (Å²) in [6, 6.07) is 10.3. The minimum atomic E-state index is 0.152. The van der Waals surface area contributed by atoms with Crippen LogP contribution in [0, 0.1) is 5.41 Å².